The maximum Gasteiger partial charge on any atom is 0.340 e. The second-order valence-corrected chi connectivity index (χ2v) is 8.14. The van der Waals surface area contributed by atoms with Gasteiger partial charge in [0.25, 0.3) is 5.69 Å². The SMILES string of the molecule is CCOC(=O)c1c(C)n(-c2ccc([N+](=O)[O-])cc2)c2ccc(NS(C)(=O)=O)cc12. The third-order valence-corrected chi connectivity index (χ3v) is 4.91. The third kappa shape index (κ3) is 4.06. The molecule has 0 spiro atoms. The molecule has 1 heterocycles. The minimum absolute atomic E-state index is 0.0480. The van der Waals surface area contributed by atoms with Crippen LogP contribution in [0, 0.1) is 17.0 Å². The lowest BCUT2D eigenvalue weighted by atomic mass is 10.1. The number of carbonyl (C=O) groups excluding carboxylic acids is 1. The van der Waals surface area contributed by atoms with Gasteiger partial charge in [0.05, 0.1) is 28.9 Å². The molecule has 0 aliphatic carbocycles. The second kappa shape index (κ2) is 7.55. The van der Waals surface area contributed by atoms with Crippen LogP contribution in [0.1, 0.15) is 23.0 Å². The molecule has 0 atom stereocenters. The molecule has 1 aromatic heterocycles. The zero-order chi connectivity index (χ0) is 21.3. The number of hydrogen-bond acceptors (Lipinski definition) is 6. The minimum Gasteiger partial charge on any atom is -0.462 e. The van der Waals surface area contributed by atoms with Gasteiger partial charge < -0.3 is 9.30 Å². The van der Waals surface area contributed by atoms with Gasteiger partial charge in [0.2, 0.25) is 10.0 Å². The van der Waals surface area contributed by atoms with Gasteiger partial charge in [-0.15, -0.1) is 0 Å². The second-order valence-electron chi connectivity index (χ2n) is 6.40. The van der Waals surface area contributed by atoms with E-state index < -0.39 is 20.9 Å². The fourth-order valence-corrected chi connectivity index (χ4v) is 3.77. The Morgan fingerprint density at radius 1 is 1.21 bits per heavy atom. The van der Waals surface area contributed by atoms with Gasteiger partial charge in [0.15, 0.2) is 0 Å². The Morgan fingerprint density at radius 3 is 2.41 bits per heavy atom. The van der Waals surface area contributed by atoms with Gasteiger partial charge in [0.1, 0.15) is 0 Å². The lowest BCUT2D eigenvalue weighted by molar-refractivity contribution is -0.384. The molecule has 1 N–H and O–H groups in total. The summed E-state index contributed by atoms with van der Waals surface area (Å²) in [5.41, 5.74) is 2.40. The molecule has 29 heavy (non-hydrogen) atoms. The molecule has 0 amide bonds. The van der Waals surface area contributed by atoms with Crippen LogP contribution in [0.5, 0.6) is 0 Å². The first-order chi connectivity index (χ1) is 13.6. The largest absolute Gasteiger partial charge is 0.462 e. The number of aromatic nitrogens is 1. The monoisotopic (exact) mass is 417 g/mol. The number of sulfonamides is 1. The molecular formula is C19H19N3O6S. The molecule has 9 nitrogen and oxygen atoms in total. The standard InChI is InChI=1S/C19H19N3O6S/c1-4-28-19(23)18-12(2)21(14-6-8-15(9-7-14)22(24)25)17-10-5-13(11-16(17)18)20-29(3,26)27/h5-11,20H,4H2,1-3H3. The van der Waals surface area contributed by atoms with Gasteiger partial charge in [-0.1, -0.05) is 0 Å². The van der Waals surface area contributed by atoms with E-state index in [0.29, 0.717) is 33.5 Å². The number of nitro groups is 1. The zero-order valence-corrected chi connectivity index (χ0v) is 16.8. The molecule has 0 fully saturated rings. The predicted octanol–water partition coefficient (Wildman–Crippen LogP) is 3.40. The van der Waals surface area contributed by atoms with E-state index >= 15 is 0 Å². The summed E-state index contributed by atoms with van der Waals surface area (Å²) in [7, 11) is -3.49. The molecular weight excluding hydrogens is 398 g/mol. The van der Waals surface area contributed by atoms with E-state index in [1.54, 1.807) is 48.7 Å². The smallest absolute Gasteiger partial charge is 0.340 e. The van der Waals surface area contributed by atoms with Crippen molar-refractivity contribution in [2.45, 2.75) is 13.8 Å². The lowest BCUT2D eigenvalue weighted by Gasteiger charge is -2.09. The van der Waals surface area contributed by atoms with E-state index in [0.717, 1.165) is 6.26 Å². The number of hydrogen-bond donors (Lipinski definition) is 1. The molecule has 0 saturated heterocycles. The molecule has 0 saturated carbocycles. The Morgan fingerprint density at radius 2 is 1.86 bits per heavy atom. The quantitative estimate of drug-likeness (QED) is 0.373. The third-order valence-electron chi connectivity index (χ3n) is 4.31. The Kier molecular flexibility index (Phi) is 5.29. The maximum absolute atomic E-state index is 12.6. The summed E-state index contributed by atoms with van der Waals surface area (Å²) < 4.78 is 32.5. The van der Waals surface area contributed by atoms with Crippen molar-refractivity contribution in [3.8, 4) is 5.69 Å². The van der Waals surface area contributed by atoms with Crippen molar-refractivity contribution in [1.82, 2.24) is 4.57 Å². The van der Waals surface area contributed by atoms with Crippen molar-refractivity contribution in [3.63, 3.8) is 0 Å². The molecule has 152 valence electrons. The van der Waals surface area contributed by atoms with Gasteiger partial charge in [0, 0.05) is 34.6 Å². The van der Waals surface area contributed by atoms with Crippen molar-refractivity contribution < 1.29 is 22.9 Å². The van der Waals surface area contributed by atoms with Gasteiger partial charge in [-0.25, -0.2) is 13.2 Å². The van der Waals surface area contributed by atoms with Gasteiger partial charge in [-0.05, 0) is 44.2 Å². The van der Waals surface area contributed by atoms with Crippen LogP contribution in [-0.4, -0.2) is 36.7 Å². The van der Waals surface area contributed by atoms with Crippen molar-refractivity contribution in [3.05, 3.63) is 63.8 Å². The number of carbonyl (C=O) groups is 1. The molecule has 3 aromatic rings. The first-order valence-electron chi connectivity index (χ1n) is 8.67. The van der Waals surface area contributed by atoms with Gasteiger partial charge in [-0.2, -0.15) is 0 Å². The van der Waals surface area contributed by atoms with Crippen LogP contribution in [0.25, 0.3) is 16.6 Å². The number of benzene rings is 2. The van der Waals surface area contributed by atoms with Crippen molar-refractivity contribution in [2.75, 3.05) is 17.6 Å². The van der Waals surface area contributed by atoms with E-state index in [1.165, 1.54) is 12.1 Å². The number of nitrogens with one attached hydrogen (secondary N) is 1. The Balaban J connectivity index is 2.25. The summed E-state index contributed by atoms with van der Waals surface area (Å²) in [6, 6.07) is 10.8. The van der Waals surface area contributed by atoms with Crippen LogP contribution in [0.4, 0.5) is 11.4 Å². The predicted molar refractivity (Wildman–Crippen MR) is 109 cm³/mol. The molecule has 0 radical (unpaired) electrons. The molecule has 0 bridgehead atoms. The van der Waals surface area contributed by atoms with Crippen LogP contribution in [0.3, 0.4) is 0 Å². The van der Waals surface area contributed by atoms with Crippen molar-refractivity contribution in [1.29, 1.82) is 0 Å². The first kappa shape index (κ1) is 20.3. The highest BCUT2D eigenvalue weighted by atomic mass is 32.2. The minimum atomic E-state index is -3.49. The van der Waals surface area contributed by atoms with Gasteiger partial charge in [-0.3, -0.25) is 14.8 Å². The zero-order valence-electron chi connectivity index (χ0n) is 16.0. The topological polar surface area (TPSA) is 121 Å². The van der Waals surface area contributed by atoms with E-state index in [4.69, 9.17) is 4.74 Å². The summed E-state index contributed by atoms with van der Waals surface area (Å²) in [5, 5.41) is 11.4. The highest BCUT2D eigenvalue weighted by Crippen LogP contribution is 2.32. The molecule has 10 heteroatoms. The summed E-state index contributed by atoms with van der Waals surface area (Å²) >= 11 is 0. The van der Waals surface area contributed by atoms with E-state index in [2.05, 4.69) is 4.72 Å². The molecule has 0 aliphatic heterocycles. The Labute approximate surface area is 167 Å². The number of ether oxygens (including phenoxy) is 1. The number of rotatable bonds is 6. The van der Waals surface area contributed by atoms with Crippen LogP contribution in [0.15, 0.2) is 42.5 Å². The normalized spacial score (nSPS) is 11.4. The molecule has 0 aliphatic rings. The lowest BCUT2D eigenvalue weighted by Crippen LogP contribution is -2.09. The number of fused-ring (bicyclic) bond motifs is 1. The van der Waals surface area contributed by atoms with Crippen LogP contribution >= 0.6 is 0 Å². The van der Waals surface area contributed by atoms with Crippen molar-refractivity contribution in [2.24, 2.45) is 0 Å². The average molecular weight is 417 g/mol. The summed E-state index contributed by atoms with van der Waals surface area (Å²) in [5.74, 6) is -0.535. The Bertz CT molecular complexity index is 1210. The maximum atomic E-state index is 12.6. The number of non-ortho nitro benzene ring substituents is 1. The molecule has 3 rings (SSSR count). The molecule has 2 aromatic carbocycles. The van der Waals surface area contributed by atoms with Gasteiger partial charge >= 0.3 is 5.97 Å². The number of esters is 1. The number of nitrogens with zero attached hydrogens (tertiary/aromatic N) is 2. The summed E-state index contributed by atoms with van der Waals surface area (Å²) in [6.45, 7) is 3.61. The summed E-state index contributed by atoms with van der Waals surface area (Å²) in [4.78, 5) is 23.0. The summed E-state index contributed by atoms with van der Waals surface area (Å²) in [6.07, 6.45) is 1.04. The highest BCUT2D eigenvalue weighted by Gasteiger charge is 2.23. The van der Waals surface area contributed by atoms with Crippen LogP contribution in [-0.2, 0) is 14.8 Å². The van der Waals surface area contributed by atoms with E-state index in [-0.39, 0.29) is 12.3 Å². The fraction of sp³-hybridized carbons (Fsp3) is 0.211. The number of anilines is 1. The Hall–Kier alpha value is -3.40. The van der Waals surface area contributed by atoms with E-state index in [1.807, 2.05) is 0 Å². The highest BCUT2D eigenvalue weighted by molar-refractivity contribution is 7.92. The molecule has 0 unspecified atom stereocenters. The fourth-order valence-electron chi connectivity index (χ4n) is 3.21. The first-order valence-corrected chi connectivity index (χ1v) is 10.6. The average Bonchev–Trinajstić information content (AvgIpc) is 2.91. The van der Waals surface area contributed by atoms with Crippen LogP contribution in [0.2, 0.25) is 0 Å². The van der Waals surface area contributed by atoms with Crippen LogP contribution < -0.4 is 4.72 Å². The van der Waals surface area contributed by atoms with Crippen molar-refractivity contribution >= 4 is 38.3 Å². The van der Waals surface area contributed by atoms with E-state index in [9.17, 15) is 23.3 Å². The number of nitro benzene ring substituents is 1.